The molecule has 0 aliphatic rings. The van der Waals surface area contributed by atoms with Crippen LogP contribution in [-0.2, 0) is 4.79 Å². The zero-order valence-corrected chi connectivity index (χ0v) is 10.1. The van der Waals surface area contributed by atoms with E-state index < -0.39 is 17.9 Å². The first kappa shape index (κ1) is 13.2. The lowest BCUT2D eigenvalue weighted by Gasteiger charge is -2.17. The molecule has 1 atom stereocenters. The van der Waals surface area contributed by atoms with Crippen LogP contribution in [0.1, 0.15) is 30.0 Å². The number of hydrogen-bond acceptors (Lipinski definition) is 3. The average molecular weight is 236 g/mol. The molecule has 0 aliphatic carbocycles. The van der Waals surface area contributed by atoms with Crippen LogP contribution in [0.4, 0.5) is 0 Å². The second-order valence-electron chi connectivity index (χ2n) is 4.20. The summed E-state index contributed by atoms with van der Waals surface area (Å²) in [5.74, 6) is -1.68. The van der Waals surface area contributed by atoms with Gasteiger partial charge >= 0.3 is 5.97 Å². The van der Waals surface area contributed by atoms with Gasteiger partial charge in [-0.25, -0.2) is 9.78 Å². The molecule has 2 N–H and O–H groups in total. The first-order chi connectivity index (χ1) is 7.91. The summed E-state index contributed by atoms with van der Waals surface area (Å²) >= 11 is 0. The zero-order chi connectivity index (χ0) is 13.0. The Balaban J connectivity index is 2.81. The molecule has 1 aromatic rings. The van der Waals surface area contributed by atoms with Crippen molar-refractivity contribution >= 4 is 11.9 Å². The van der Waals surface area contributed by atoms with Crippen molar-refractivity contribution in [3.8, 4) is 0 Å². The highest BCUT2D eigenvalue weighted by molar-refractivity contribution is 5.95. The third kappa shape index (κ3) is 3.55. The van der Waals surface area contributed by atoms with Gasteiger partial charge in [0.2, 0.25) is 0 Å². The number of aryl methyl sites for hydroxylation is 1. The molecule has 92 valence electrons. The lowest BCUT2D eigenvalue weighted by Crippen LogP contribution is -2.44. The van der Waals surface area contributed by atoms with Crippen molar-refractivity contribution in [1.82, 2.24) is 10.3 Å². The summed E-state index contributed by atoms with van der Waals surface area (Å²) in [5.41, 5.74) is 0.950. The lowest BCUT2D eigenvalue weighted by molar-refractivity contribution is -0.140. The van der Waals surface area contributed by atoms with E-state index in [1.54, 1.807) is 39.0 Å². The third-order valence-electron chi connectivity index (χ3n) is 2.34. The Hall–Kier alpha value is -1.91. The minimum atomic E-state index is -1.04. The highest BCUT2D eigenvalue weighted by atomic mass is 16.4. The van der Waals surface area contributed by atoms with Crippen LogP contribution in [0.5, 0.6) is 0 Å². The van der Waals surface area contributed by atoms with Crippen molar-refractivity contribution in [2.24, 2.45) is 5.92 Å². The van der Waals surface area contributed by atoms with E-state index in [-0.39, 0.29) is 11.6 Å². The maximum absolute atomic E-state index is 11.8. The maximum atomic E-state index is 11.8. The van der Waals surface area contributed by atoms with E-state index in [0.29, 0.717) is 5.69 Å². The monoisotopic (exact) mass is 236 g/mol. The van der Waals surface area contributed by atoms with E-state index in [4.69, 9.17) is 5.11 Å². The predicted molar refractivity (Wildman–Crippen MR) is 62.7 cm³/mol. The van der Waals surface area contributed by atoms with E-state index in [0.717, 1.165) is 0 Å². The fourth-order valence-electron chi connectivity index (χ4n) is 1.40. The van der Waals surface area contributed by atoms with Gasteiger partial charge in [-0.05, 0) is 25.0 Å². The molecule has 0 unspecified atom stereocenters. The summed E-state index contributed by atoms with van der Waals surface area (Å²) in [5, 5.41) is 11.4. The summed E-state index contributed by atoms with van der Waals surface area (Å²) < 4.78 is 0. The first-order valence-corrected chi connectivity index (χ1v) is 5.39. The second kappa shape index (κ2) is 5.43. The molecule has 0 fully saturated rings. The van der Waals surface area contributed by atoms with Crippen molar-refractivity contribution < 1.29 is 14.7 Å². The maximum Gasteiger partial charge on any atom is 0.326 e. The van der Waals surface area contributed by atoms with Crippen LogP contribution in [0.3, 0.4) is 0 Å². The molecule has 0 radical (unpaired) electrons. The van der Waals surface area contributed by atoms with Crippen LogP contribution >= 0.6 is 0 Å². The molecule has 1 heterocycles. The van der Waals surface area contributed by atoms with Gasteiger partial charge in [-0.1, -0.05) is 19.9 Å². The normalized spacial score (nSPS) is 12.2. The van der Waals surface area contributed by atoms with Crippen LogP contribution in [0.25, 0.3) is 0 Å². The molecule has 0 saturated heterocycles. The lowest BCUT2D eigenvalue weighted by atomic mass is 10.0. The molecule has 0 aliphatic heterocycles. The van der Waals surface area contributed by atoms with Crippen molar-refractivity contribution in [2.45, 2.75) is 26.8 Å². The van der Waals surface area contributed by atoms with E-state index in [2.05, 4.69) is 10.3 Å². The van der Waals surface area contributed by atoms with Gasteiger partial charge in [0.05, 0.1) is 0 Å². The summed E-state index contributed by atoms with van der Waals surface area (Å²) in [6, 6.07) is 4.14. The molecule has 5 heteroatoms. The topological polar surface area (TPSA) is 79.3 Å². The summed E-state index contributed by atoms with van der Waals surface area (Å²) in [4.78, 5) is 26.8. The van der Waals surface area contributed by atoms with Gasteiger partial charge in [0.15, 0.2) is 0 Å². The number of carbonyl (C=O) groups is 2. The summed E-state index contributed by atoms with van der Waals surface area (Å²) in [6.45, 7) is 5.25. The first-order valence-electron chi connectivity index (χ1n) is 5.39. The van der Waals surface area contributed by atoms with Crippen LogP contribution in [0, 0.1) is 12.8 Å². The number of aliphatic carboxylic acids is 1. The van der Waals surface area contributed by atoms with Crippen LogP contribution in [0.2, 0.25) is 0 Å². The van der Waals surface area contributed by atoms with Gasteiger partial charge in [-0.2, -0.15) is 0 Å². The van der Waals surface area contributed by atoms with Crippen molar-refractivity contribution in [3.63, 3.8) is 0 Å². The molecule has 1 aromatic heterocycles. The number of amides is 1. The number of carbonyl (C=O) groups excluding carboxylic acids is 1. The Bertz CT molecular complexity index is 430. The van der Waals surface area contributed by atoms with Gasteiger partial charge in [0.1, 0.15) is 11.7 Å². The molecule has 17 heavy (non-hydrogen) atoms. The average Bonchev–Trinajstić information content (AvgIpc) is 2.24. The number of pyridine rings is 1. The summed E-state index contributed by atoms with van der Waals surface area (Å²) in [7, 11) is 0. The molecule has 0 spiro atoms. The van der Waals surface area contributed by atoms with Crippen molar-refractivity contribution in [1.29, 1.82) is 0 Å². The molecule has 0 aromatic carbocycles. The zero-order valence-electron chi connectivity index (χ0n) is 10.1. The van der Waals surface area contributed by atoms with Gasteiger partial charge < -0.3 is 10.4 Å². The Morgan fingerprint density at radius 3 is 2.47 bits per heavy atom. The third-order valence-corrected chi connectivity index (χ3v) is 2.34. The molecular formula is C12H16N2O3. The van der Waals surface area contributed by atoms with Crippen LogP contribution < -0.4 is 5.32 Å². The predicted octanol–water partition coefficient (Wildman–Crippen LogP) is 1.23. The van der Waals surface area contributed by atoms with Crippen LogP contribution in [0.15, 0.2) is 18.2 Å². The molecule has 1 rings (SSSR count). The molecule has 0 saturated carbocycles. The Morgan fingerprint density at radius 1 is 1.35 bits per heavy atom. The Kier molecular flexibility index (Phi) is 4.20. The smallest absolute Gasteiger partial charge is 0.326 e. The highest BCUT2D eigenvalue weighted by Crippen LogP contribution is 2.04. The van der Waals surface area contributed by atoms with E-state index in [1.165, 1.54) is 0 Å². The number of nitrogens with zero attached hydrogens (tertiary/aromatic N) is 1. The van der Waals surface area contributed by atoms with E-state index >= 15 is 0 Å². The minimum Gasteiger partial charge on any atom is -0.480 e. The molecular weight excluding hydrogens is 220 g/mol. The van der Waals surface area contributed by atoms with Crippen molar-refractivity contribution in [2.75, 3.05) is 0 Å². The van der Waals surface area contributed by atoms with Gasteiger partial charge in [0.25, 0.3) is 5.91 Å². The van der Waals surface area contributed by atoms with Gasteiger partial charge in [-0.15, -0.1) is 0 Å². The second-order valence-corrected chi connectivity index (χ2v) is 4.20. The van der Waals surface area contributed by atoms with Gasteiger partial charge in [-0.3, -0.25) is 4.79 Å². The largest absolute Gasteiger partial charge is 0.480 e. The SMILES string of the molecule is Cc1cccc(C(=O)N[C@H](C(=O)O)C(C)C)n1. The number of rotatable bonds is 4. The fraction of sp³-hybridized carbons (Fsp3) is 0.417. The highest BCUT2D eigenvalue weighted by Gasteiger charge is 2.24. The Labute approximate surface area is 99.9 Å². The molecule has 0 bridgehead atoms. The standard InChI is InChI=1S/C12H16N2O3/c1-7(2)10(12(16)17)14-11(15)9-6-4-5-8(3)13-9/h4-7,10H,1-3H3,(H,14,15)(H,16,17)/t10-/m0/s1. The Morgan fingerprint density at radius 2 is 2.00 bits per heavy atom. The van der Waals surface area contributed by atoms with Crippen molar-refractivity contribution in [3.05, 3.63) is 29.6 Å². The minimum absolute atomic E-state index is 0.179. The van der Waals surface area contributed by atoms with E-state index in [1.807, 2.05) is 0 Å². The molecule has 1 amide bonds. The number of hydrogen-bond donors (Lipinski definition) is 2. The fourth-order valence-corrected chi connectivity index (χ4v) is 1.40. The van der Waals surface area contributed by atoms with Crippen LogP contribution in [-0.4, -0.2) is 28.0 Å². The summed E-state index contributed by atoms with van der Waals surface area (Å²) in [6.07, 6.45) is 0. The quantitative estimate of drug-likeness (QED) is 0.824. The number of aromatic nitrogens is 1. The van der Waals surface area contributed by atoms with E-state index in [9.17, 15) is 9.59 Å². The number of carboxylic acid groups (broad SMARTS) is 1. The molecule has 5 nitrogen and oxygen atoms in total. The number of nitrogens with one attached hydrogen (secondary N) is 1. The van der Waals surface area contributed by atoms with Gasteiger partial charge in [0, 0.05) is 5.69 Å². The number of carboxylic acids is 1.